The number of hydrogen-bond acceptors (Lipinski definition) is 3. The van der Waals surface area contributed by atoms with Crippen LogP contribution in [0.15, 0.2) is 22.9 Å². The van der Waals surface area contributed by atoms with Crippen LogP contribution in [0, 0.1) is 5.92 Å². The van der Waals surface area contributed by atoms with Crippen molar-refractivity contribution in [2.24, 2.45) is 11.7 Å². The number of pyridine rings is 1. The van der Waals surface area contributed by atoms with Crippen molar-refractivity contribution in [1.82, 2.24) is 9.88 Å². The molecule has 92 valence electrons. The molecule has 1 atom stereocenters. The Kier molecular flexibility index (Phi) is 5.02. The molecular weight excluding hydrogens is 302 g/mol. The molecule has 1 aromatic heterocycles. The first-order valence-electron chi connectivity index (χ1n) is 5.07. The molecule has 1 unspecified atom stereocenters. The van der Waals surface area contributed by atoms with E-state index in [9.17, 15) is 4.79 Å². The molecule has 1 rings (SSSR count). The first-order chi connectivity index (χ1) is 7.91. The fourth-order valence-corrected chi connectivity index (χ4v) is 1.77. The highest BCUT2D eigenvalue weighted by atomic mass is 79.9. The molecule has 2 N–H and O–H groups in total. The van der Waals surface area contributed by atoms with E-state index in [1.54, 1.807) is 24.2 Å². The highest BCUT2D eigenvalue weighted by Crippen LogP contribution is 2.12. The summed E-state index contributed by atoms with van der Waals surface area (Å²) in [6.45, 7) is 2.39. The van der Waals surface area contributed by atoms with Crippen molar-refractivity contribution in [2.75, 3.05) is 13.6 Å². The van der Waals surface area contributed by atoms with Gasteiger partial charge in [0.25, 0.3) is 5.91 Å². The van der Waals surface area contributed by atoms with Crippen LogP contribution in [-0.2, 0) is 0 Å². The Hall–Kier alpha value is -1.01. The van der Waals surface area contributed by atoms with Crippen LogP contribution in [0.3, 0.4) is 0 Å². The van der Waals surface area contributed by atoms with Crippen LogP contribution in [0.25, 0.3) is 0 Å². The predicted molar refractivity (Wildman–Crippen MR) is 74.8 cm³/mol. The summed E-state index contributed by atoms with van der Waals surface area (Å²) < 4.78 is 0.777. The van der Waals surface area contributed by atoms with Gasteiger partial charge in [0.15, 0.2) is 0 Å². The SMILES string of the molecule is CC(CN(C)C(=O)c1cncc(Br)c1)C(N)=S. The van der Waals surface area contributed by atoms with Crippen LogP contribution in [0.1, 0.15) is 17.3 Å². The van der Waals surface area contributed by atoms with Crippen LogP contribution in [0.4, 0.5) is 0 Å². The summed E-state index contributed by atoms with van der Waals surface area (Å²) in [5, 5.41) is 0. The molecule has 1 amide bonds. The van der Waals surface area contributed by atoms with Crippen LogP contribution < -0.4 is 5.73 Å². The molecule has 0 saturated heterocycles. The van der Waals surface area contributed by atoms with Gasteiger partial charge < -0.3 is 10.6 Å². The van der Waals surface area contributed by atoms with E-state index in [4.69, 9.17) is 18.0 Å². The normalized spacial score (nSPS) is 11.9. The summed E-state index contributed by atoms with van der Waals surface area (Å²) in [5.41, 5.74) is 6.06. The highest BCUT2D eigenvalue weighted by Gasteiger charge is 2.16. The largest absolute Gasteiger partial charge is 0.393 e. The third-order valence-electron chi connectivity index (χ3n) is 2.33. The number of rotatable bonds is 4. The monoisotopic (exact) mass is 315 g/mol. The van der Waals surface area contributed by atoms with Gasteiger partial charge >= 0.3 is 0 Å². The third-order valence-corrected chi connectivity index (χ3v) is 3.17. The first-order valence-corrected chi connectivity index (χ1v) is 6.27. The summed E-state index contributed by atoms with van der Waals surface area (Å²) in [7, 11) is 1.72. The molecule has 0 aliphatic heterocycles. The smallest absolute Gasteiger partial charge is 0.255 e. The number of carbonyl (C=O) groups excluding carboxylic acids is 1. The zero-order valence-corrected chi connectivity index (χ0v) is 12.1. The quantitative estimate of drug-likeness (QED) is 0.861. The number of thiocarbonyl (C=S) groups is 1. The van der Waals surface area contributed by atoms with E-state index < -0.39 is 0 Å². The van der Waals surface area contributed by atoms with E-state index in [1.807, 2.05) is 6.92 Å². The van der Waals surface area contributed by atoms with Gasteiger partial charge in [-0.2, -0.15) is 0 Å². The van der Waals surface area contributed by atoms with E-state index >= 15 is 0 Å². The fraction of sp³-hybridized carbons (Fsp3) is 0.364. The minimum absolute atomic E-state index is 0.000868. The molecule has 0 aliphatic rings. The van der Waals surface area contributed by atoms with E-state index in [-0.39, 0.29) is 11.8 Å². The third kappa shape index (κ3) is 4.05. The molecule has 0 radical (unpaired) electrons. The number of nitrogens with zero attached hydrogens (tertiary/aromatic N) is 2. The van der Waals surface area contributed by atoms with Crippen LogP contribution in [0.2, 0.25) is 0 Å². The summed E-state index contributed by atoms with van der Waals surface area (Å²) in [6, 6.07) is 1.73. The van der Waals surface area contributed by atoms with E-state index in [2.05, 4.69) is 20.9 Å². The molecule has 6 heteroatoms. The van der Waals surface area contributed by atoms with Crippen molar-refractivity contribution in [2.45, 2.75) is 6.92 Å². The van der Waals surface area contributed by atoms with Crippen molar-refractivity contribution < 1.29 is 4.79 Å². The molecular formula is C11H14BrN3OS. The molecule has 1 heterocycles. The predicted octanol–water partition coefficient (Wildman–Crippen LogP) is 1.84. The van der Waals surface area contributed by atoms with Gasteiger partial charge in [-0.3, -0.25) is 9.78 Å². The zero-order chi connectivity index (χ0) is 13.0. The average molecular weight is 316 g/mol. The lowest BCUT2D eigenvalue weighted by Gasteiger charge is -2.20. The minimum atomic E-state index is -0.0955. The number of amides is 1. The maximum Gasteiger partial charge on any atom is 0.255 e. The number of nitrogens with two attached hydrogens (primary N) is 1. The number of carbonyl (C=O) groups is 1. The topological polar surface area (TPSA) is 59.2 Å². The molecule has 0 bridgehead atoms. The van der Waals surface area contributed by atoms with Gasteiger partial charge in [0, 0.05) is 36.4 Å². The van der Waals surface area contributed by atoms with Crippen LogP contribution in [0.5, 0.6) is 0 Å². The lowest BCUT2D eigenvalue weighted by molar-refractivity contribution is 0.0786. The van der Waals surface area contributed by atoms with Gasteiger partial charge in [-0.15, -0.1) is 0 Å². The van der Waals surface area contributed by atoms with Gasteiger partial charge in [0.2, 0.25) is 0 Å². The second-order valence-electron chi connectivity index (χ2n) is 3.88. The van der Waals surface area contributed by atoms with Crippen molar-refractivity contribution in [3.8, 4) is 0 Å². The summed E-state index contributed by atoms with van der Waals surface area (Å²) >= 11 is 8.16. The number of hydrogen-bond donors (Lipinski definition) is 1. The summed E-state index contributed by atoms with van der Waals surface area (Å²) in [6.07, 6.45) is 3.17. The van der Waals surface area contributed by atoms with Crippen molar-refractivity contribution in [3.63, 3.8) is 0 Å². The zero-order valence-electron chi connectivity index (χ0n) is 9.68. The van der Waals surface area contributed by atoms with Crippen molar-refractivity contribution >= 4 is 39.0 Å². The van der Waals surface area contributed by atoms with Crippen LogP contribution in [-0.4, -0.2) is 34.4 Å². The van der Waals surface area contributed by atoms with E-state index in [0.29, 0.717) is 17.1 Å². The maximum atomic E-state index is 12.0. The maximum absolute atomic E-state index is 12.0. The Bertz CT molecular complexity index is 438. The first kappa shape index (κ1) is 14.1. The second-order valence-corrected chi connectivity index (χ2v) is 5.27. The fourth-order valence-electron chi connectivity index (χ4n) is 1.33. The lowest BCUT2D eigenvalue weighted by Crippen LogP contribution is -2.35. The van der Waals surface area contributed by atoms with Crippen molar-refractivity contribution in [3.05, 3.63) is 28.5 Å². The van der Waals surface area contributed by atoms with Crippen LogP contribution >= 0.6 is 28.1 Å². The summed E-state index contributed by atoms with van der Waals surface area (Å²) in [5.74, 6) is -0.0963. The van der Waals surface area contributed by atoms with Gasteiger partial charge in [-0.1, -0.05) is 19.1 Å². The molecule has 0 spiro atoms. The molecule has 0 saturated carbocycles. The van der Waals surface area contributed by atoms with Gasteiger partial charge in [-0.05, 0) is 22.0 Å². The van der Waals surface area contributed by atoms with Crippen molar-refractivity contribution in [1.29, 1.82) is 0 Å². The molecule has 0 aliphatic carbocycles. The minimum Gasteiger partial charge on any atom is -0.393 e. The van der Waals surface area contributed by atoms with Gasteiger partial charge in [0.05, 0.1) is 10.6 Å². The Morgan fingerprint density at radius 3 is 2.82 bits per heavy atom. The average Bonchev–Trinajstić information content (AvgIpc) is 2.27. The Balaban J connectivity index is 2.73. The lowest BCUT2D eigenvalue weighted by atomic mass is 10.1. The number of aromatic nitrogens is 1. The molecule has 0 aromatic carbocycles. The highest BCUT2D eigenvalue weighted by molar-refractivity contribution is 9.10. The molecule has 1 aromatic rings. The van der Waals surface area contributed by atoms with E-state index in [0.717, 1.165) is 4.47 Å². The van der Waals surface area contributed by atoms with Gasteiger partial charge in [0.1, 0.15) is 0 Å². The summed E-state index contributed by atoms with van der Waals surface area (Å²) in [4.78, 5) is 18.0. The Labute approximate surface area is 114 Å². The number of halogens is 1. The standard InChI is InChI=1S/C11H14BrN3OS/c1-7(10(13)17)6-15(2)11(16)8-3-9(12)5-14-4-8/h3-5,7H,6H2,1-2H3,(H2,13,17). The Morgan fingerprint density at radius 2 is 2.29 bits per heavy atom. The molecule has 17 heavy (non-hydrogen) atoms. The van der Waals surface area contributed by atoms with E-state index in [1.165, 1.54) is 6.20 Å². The second kappa shape index (κ2) is 6.07. The molecule has 0 fully saturated rings. The van der Waals surface area contributed by atoms with Gasteiger partial charge in [-0.25, -0.2) is 0 Å². The molecule has 4 nitrogen and oxygen atoms in total. The Morgan fingerprint density at radius 1 is 1.65 bits per heavy atom.